The van der Waals surface area contributed by atoms with Crippen LogP contribution in [-0.4, -0.2) is 24.1 Å². The van der Waals surface area contributed by atoms with Crippen LogP contribution in [0.5, 0.6) is 0 Å². The van der Waals surface area contributed by atoms with E-state index in [9.17, 15) is 0 Å². The Balaban J connectivity index is 0.00000392. The average molecular weight is 866 g/mol. The van der Waals surface area contributed by atoms with Crippen LogP contribution in [0.2, 0.25) is 0 Å². The van der Waals surface area contributed by atoms with Crippen molar-refractivity contribution in [1.82, 2.24) is 24.1 Å². The molecule has 0 fully saturated rings. The molecule has 311 valence electrons. The third kappa shape index (κ3) is 16.6. The van der Waals surface area contributed by atoms with Crippen molar-refractivity contribution in [2.75, 3.05) is 0 Å². The number of unbranched alkanes of at least 4 members (excludes halogenated alkanes) is 22. The van der Waals surface area contributed by atoms with Crippen molar-refractivity contribution in [2.45, 2.75) is 181 Å². The Morgan fingerprint density at radius 3 is 1.00 bits per heavy atom. The minimum Gasteiger partial charge on any atom is -1.00 e. The van der Waals surface area contributed by atoms with Gasteiger partial charge in [0, 0.05) is 13.1 Å². The van der Waals surface area contributed by atoms with Crippen LogP contribution in [0.3, 0.4) is 0 Å². The minimum atomic E-state index is 0. The molecule has 0 saturated carbocycles. The quantitative estimate of drug-likeness (QED) is 0.0492. The number of hydrogen-bond donors (Lipinski definition) is 0. The van der Waals surface area contributed by atoms with E-state index in [1.54, 1.807) is 0 Å². The Labute approximate surface area is 369 Å². The van der Waals surface area contributed by atoms with Crippen LogP contribution in [0.15, 0.2) is 66.7 Å². The standard InChI is InChI=1S/C47H69N5.3ClH.Fe/c1-3-5-7-9-11-13-15-17-19-21-23-29-38-51-44-36-27-25-32-40(44)49-46(51)42-34-31-35-43(48-42)47-50-41-33-26-28-37-45(41)52(47)39-30-24-22-20-18-16-14-12-10-8-6-4-2;;;;/h25-28,31-37H,3-24,29-30,38-39H2,1-2H3;3*1H;/q;;;;+3/p-3. The smallest absolute Gasteiger partial charge is 1.00 e. The monoisotopic (exact) mass is 864 g/mol. The maximum Gasteiger partial charge on any atom is 3.00 e. The number of aryl methyl sites for hydroxylation is 2. The van der Waals surface area contributed by atoms with E-state index in [1.165, 1.54) is 165 Å². The molecule has 5 nitrogen and oxygen atoms in total. The van der Waals surface area contributed by atoms with E-state index < -0.39 is 0 Å². The molecule has 56 heavy (non-hydrogen) atoms. The van der Waals surface area contributed by atoms with E-state index in [1.807, 2.05) is 0 Å². The van der Waals surface area contributed by atoms with Crippen molar-refractivity contribution in [3.8, 4) is 23.0 Å². The van der Waals surface area contributed by atoms with Crippen LogP contribution in [0.1, 0.15) is 168 Å². The van der Waals surface area contributed by atoms with Gasteiger partial charge in [0.05, 0.1) is 22.1 Å². The fourth-order valence-electron chi connectivity index (χ4n) is 7.90. The molecule has 0 saturated heterocycles. The minimum absolute atomic E-state index is 0. The molecule has 0 spiro atoms. The van der Waals surface area contributed by atoms with Gasteiger partial charge in [-0.2, -0.15) is 0 Å². The molecule has 0 N–H and O–H groups in total. The Bertz CT molecular complexity index is 1600. The predicted octanol–water partition coefficient (Wildman–Crippen LogP) is 5.53. The van der Waals surface area contributed by atoms with Gasteiger partial charge >= 0.3 is 17.1 Å². The molecule has 0 bridgehead atoms. The second-order valence-corrected chi connectivity index (χ2v) is 15.3. The summed E-state index contributed by atoms with van der Waals surface area (Å²) in [5, 5.41) is 0. The van der Waals surface area contributed by atoms with Gasteiger partial charge in [-0.3, -0.25) is 0 Å². The summed E-state index contributed by atoms with van der Waals surface area (Å²) in [6.45, 7) is 6.53. The van der Waals surface area contributed by atoms with Gasteiger partial charge in [-0.15, -0.1) is 0 Å². The van der Waals surface area contributed by atoms with Gasteiger partial charge < -0.3 is 46.4 Å². The summed E-state index contributed by atoms with van der Waals surface area (Å²) < 4.78 is 4.82. The maximum atomic E-state index is 5.28. The van der Waals surface area contributed by atoms with Crippen LogP contribution in [0.25, 0.3) is 45.1 Å². The second kappa shape index (κ2) is 30.9. The summed E-state index contributed by atoms with van der Waals surface area (Å²) >= 11 is 0. The van der Waals surface area contributed by atoms with Crippen molar-refractivity contribution in [3.05, 3.63) is 66.7 Å². The third-order valence-corrected chi connectivity index (χ3v) is 11.0. The van der Waals surface area contributed by atoms with Crippen LogP contribution >= 0.6 is 0 Å². The van der Waals surface area contributed by atoms with Crippen molar-refractivity contribution in [3.63, 3.8) is 0 Å². The zero-order chi connectivity index (χ0) is 36.1. The van der Waals surface area contributed by atoms with E-state index >= 15 is 0 Å². The van der Waals surface area contributed by atoms with Crippen molar-refractivity contribution >= 4 is 22.1 Å². The van der Waals surface area contributed by atoms with Gasteiger partial charge in [0.15, 0.2) is 11.6 Å². The van der Waals surface area contributed by atoms with E-state index in [4.69, 9.17) is 15.0 Å². The molecule has 0 aliphatic heterocycles. The SMILES string of the molecule is CCCCCCCCCCCCCCn1c(-c2cccc(-c3nc4ccccc4n3CCCCCCCCCCCCCC)n2)nc2ccccc21.[Cl-].[Cl-].[Cl-].[Fe+3]. The number of rotatable bonds is 28. The summed E-state index contributed by atoms with van der Waals surface area (Å²) in [7, 11) is 0. The number of nitrogens with zero attached hydrogens (tertiary/aromatic N) is 5. The number of imidazole rings is 2. The summed E-state index contributed by atoms with van der Waals surface area (Å²) in [5.74, 6) is 1.93. The Morgan fingerprint density at radius 1 is 0.357 bits per heavy atom. The van der Waals surface area contributed by atoms with Crippen LogP contribution in [-0.2, 0) is 30.2 Å². The fraction of sp³-hybridized carbons (Fsp3) is 0.596. The number of aromatic nitrogens is 5. The maximum absolute atomic E-state index is 5.28. The van der Waals surface area contributed by atoms with E-state index in [0.29, 0.717) is 0 Å². The first-order valence-electron chi connectivity index (χ1n) is 21.7. The first-order chi connectivity index (χ1) is 25.8. The zero-order valence-electron chi connectivity index (χ0n) is 34.5. The third-order valence-electron chi connectivity index (χ3n) is 11.0. The number of para-hydroxylation sites is 4. The van der Waals surface area contributed by atoms with Gasteiger partial charge in [-0.1, -0.05) is 185 Å². The molecule has 0 unspecified atom stereocenters. The van der Waals surface area contributed by atoms with E-state index in [-0.39, 0.29) is 54.3 Å². The summed E-state index contributed by atoms with van der Waals surface area (Å²) in [4.78, 5) is 15.6. The molecular weight excluding hydrogens is 797 g/mol. The number of hydrogen-bond acceptors (Lipinski definition) is 3. The summed E-state index contributed by atoms with van der Waals surface area (Å²) in [5.41, 5.74) is 6.35. The fourth-order valence-corrected chi connectivity index (χ4v) is 7.90. The predicted molar refractivity (Wildman–Crippen MR) is 224 cm³/mol. The average Bonchev–Trinajstić information content (AvgIpc) is 3.74. The molecule has 3 heterocycles. The van der Waals surface area contributed by atoms with Gasteiger partial charge in [-0.05, 0) is 49.2 Å². The normalized spacial score (nSPS) is 10.9. The zero-order valence-corrected chi connectivity index (χ0v) is 37.8. The summed E-state index contributed by atoms with van der Waals surface area (Å²) in [6, 6.07) is 23.5. The Morgan fingerprint density at radius 2 is 0.661 bits per heavy atom. The molecule has 0 aliphatic rings. The molecule has 5 aromatic rings. The molecular formula is C47H69Cl3FeN5. The number of halogens is 3. The molecule has 0 amide bonds. The molecule has 0 atom stereocenters. The number of benzene rings is 2. The van der Waals surface area contributed by atoms with E-state index in [0.717, 1.165) is 47.2 Å². The first-order valence-corrected chi connectivity index (χ1v) is 21.7. The Hall–Kier alpha value is -2.08. The van der Waals surface area contributed by atoms with Crippen molar-refractivity contribution in [1.29, 1.82) is 0 Å². The van der Waals surface area contributed by atoms with Crippen LogP contribution < -0.4 is 37.2 Å². The van der Waals surface area contributed by atoms with Gasteiger partial charge in [0.25, 0.3) is 0 Å². The summed E-state index contributed by atoms with van der Waals surface area (Å²) in [6.07, 6.45) is 32.6. The van der Waals surface area contributed by atoms with E-state index in [2.05, 4.69) is 89.7 Å². The van der Waals surface area contributed by atoms with Crippen LogP contribution in [0.4, 0.5) is 0 Å². The largest absolute Gasteiger partial charge is 3.00 e. The second-order valence-electron chi connectivity index (χ2n) is 15.3. The van der Waals surface area contributed by atoms with Crippen molar-refractivity contribution < 1.29 is 54.3 Å². The molecule has 3 aromatic heterocycles. The first kappa shape index (κ1) is 51.9. The van der Waals surface area contributed by atoms with Gasteiger partial charge in [0.2, 0.25) is 0 Å². The van der Waals surface area contributed by atoms with Gasteiger partial charge in [-0.25, -0.2) is 15.0 Å². The van der Waals surface area contributed by atoms with Crippen molar-refractivity contribution in [2.24, 2.45) is 0 Å². The number of pyridine rings is 1. The Kier molecular flexibility index (Phi) is 28.7. The molecule has 2 aromatic carbocycles. The molecule has 1 radical (unpaired) electrons. The molecule has 0 aliphatic carbocycles. The van der Waals surface area contributed by atoms with Crippen LogP contribution in [0, 0.1) is 0 Å². The van der Waals surface area contributed by atoms with Gasteiger partial charge in [0.1, 0.15) is 11.4 Å². The molecule has 5 rings (SSSR count). The number of fused-ring (bicyclic) bond motifs is 2. The topological polar surface area (TPSA) is 48.5 Å². The molecule has 9 heteroatoms.